The highest BCUT2D eigenvalue weighted by Crippen LogP contribution is 2.35. The van der Waals surface area contributed by atoms with Gasteiger partial charge in [-0.2, -0.15) is 4.31 Å². The van der Waals surface area contributed by atoms with E-state index < -0.39 is 10.0 Å². The first-order chi connectivity index (χ1) is 14.3. The average Bonchev–Trinajstić information content (AvgIpc) is 3.08. The molecule has 1 amide bonds. The first kappa shape index (κ1) is 21.2. The van der Waals surface area contributed by atoms with E-state index in [0.717, 1.165) is 16.9 Å². The Labute approximate surface area is 183 Å². The summed E-state index contributed by atoms with van der Waals surface area (Å²) in [7, 11) is -3.58. The van der Waals surface area contributed by atoms with Gasteiger partial charge in [0.1, 0.15) is 0 Å². The van der Waals surface area contributed by atoms with Crippen LogP contribution in [0.2, 0.25) is 5.02 Å². The van der Waals surface area contributed by atoms with Gasteiger partial charge in [0, 0.05) is 55.0 Å². The SMILES string of the molecule is CCC(=O)N1c2ccc(S(=O)(=O)N3CCN(c4cccc(Cl)c4)CC3)cc2C[C@H]1C. The van der Waals surface area contributed by atoms with Crippen molar-refractivity contribution in [3.63, 3.8) is 0 Å². The number of carbonyl (C=O) groups excluding carboxylic acids is 1. The van der Waals surface area contributed by atoms with Crippen molar-refractivity contribution in [1.82, 2.24) is 4.31 Å². The molecular weight excluding hydrogens is 422 g/mol. The number of benzene rings is 2. The van der Waals surface area contributed by atoms with Crippen LogP contribution in [-0.2, 0) is 21.2 Å². The highest BCUT2D eigenvalue weighted by molar-refractivity contribution is 7.89. The predicted molar refractivity (Wildman–Crippen MR) is 120 cm³/mol. The first-order valence-electron chi connectivity index (χ1n) is 10.3. The maximum absolute atomic E-state index is 13.2. The highest BCUT2D eigenvalue weighted by Gasteiger charge is 2.33. The number of rotatable bonds is 4. The Bertz CT molecular complexity index is 1070. The summed E-state index contributed by atoms with van der Waals surface area (Å²) in [6.07, 6.45) is 1.10. The van der Waals surface area contributed by atoms with Gasteiger partial charge in [0.2, 0.25) is 15.9 Å². The third kappa shape index (κ3) is 3.82. The van der Waals surface area contributed by atoms with Crippen LogP contribution in [-0.4, -0.2) is 50.9 Å². The molecule has 2 aliphatic rings. The van der Waals surface area contributed by atoms with E-state index in [-0.39, 0.29) is 11.9 Å². The standard InChI is InChI=1S/C22H26ClN3O3S/c1-3-22(27)26-16(2)13-17-14-20(7-8-21(17)26)30(28,29)25-11-9-24(10-12-25)19-6-4-5-18(23)15-19/h4-8,14-16H,3,9-13H2,1-2H3/t16-/m1/s1. The summed E-state index contributed by atoms with van der Waals surface area (Å²) in [5, 5.41) is 0.672. The number of anilines is 2. The van der Waals surface area contributed by atoms with E-state index in [1.807, 2.05) is 38.1 Å². The molecule has 0 saturated carbocycles. The number of carbonyl (C=O) groups is 1. The number of piperazine rings is 1. The number of sulfonamides is 1. The van der Waals surface area contributed by atoms with Gasteiger partial charge < -0.3 is 9.80 Å². The fourth-order valence-electron chi connectivity index (χ4n) is 4.33. The van der Waals surface area contributed by atoms with Crippen molar-refractivity contribution in [3.8, 4) is 0 Å². The van der Waals surface area contributed by atoms with Crippen molar-refractivity contribution >= 4 is 38.9 Å². The Morgan fingerprint density at radius 2 is 1.83 bits per heavy atom. The Morgan fingerprint density at radius 1 is 1.10 bits per heavy atom. The van der Waals surface area contributed by atoms with Crippen molar-refractivity contribution in [1.29, 1.82) is 0 Å². The molecule has 30 heavy (non-hydrogen) atoms. The number of amides is 1. The number of hydrogen-bond acceptors (Lipinski definition) is 4. The molecular formula is C22H26ClN3O3S. The van der Waals surface area contributed by atoms with E-state index in [1.54, 1.807) is 27.4 Å². The molecule has 0 aromatic heterocycles. The Morgan fingerprint density at radius 3 is 2.50 bits per heavy atom. The van der Waals surface area contributed by atoms with Crippen LogP contribution in [0.1, 0.15) is 25.8 Å². The van der Waals surface area contributed by atoms with Gasteiger partial charge in [-0.15, -0.1) is 0 Å². The average molecular weight is 448 g/mol. The smallest absolute Gasteiger partial charge is 0.243 e. The van der Waals surface area contributed by atoms with Crippen molar-refractivity contribution in [2.24, 2.45) is 0 Å². The molecule has 1 saturated heterocycles. The molecule has 0 bridgehead atoms. The Hall–Kier alpha value is -2.09. The second-order valence-electron chi connectivity index (χ2n) is 7.83. The second kappa shape index (κ2) is 8.21. The second-order valence-corrected chi connectivity index (χ2v) is 10.2. The van der Waals surface area contributed by atoms with Gasteiger partial charge in [-0.3, -0.25) is 4.79 Å². The van der Waals surface area contributed by atoms with E-state index in [1.165, 1.54) is 0 Å². The third-order valence-electron chi connectivity index (χ3n) is 5.89. The topological polar surface area (TPSA) is 60.9 Å². The van der Waals surface area contributed by atoms with Crippen molar-refractivity contribution < 1.29 is 13.2 Å². The van der Waals surface area contributed by atoms with Gasteiger partial charge in [-0.05, 0) is 55.3 Å². The lowest BCUT2D eigenvalue weighted by molar-refractivity contribution is -0.118. The van der Waals surface area contributed by atoms with Gasteiger partial charge in [0.05, 0.1) is 4.90 Å². The Balaban J connectivity index is 1.51. The molecule has 1 fully saturated rings. The van der Waals surface area contributed by atoms with Crippen LogP contribution in [0.15, 0.2) is 47.4 Å². The van der Waals surface area contributed by atoms with E-state index >= 15 is 0 Å². The zero-order valence-corrected chi connectivity index (χ0v) is 18.8. The lowest BCUT2D eigenvalue weighted by Gasteiger charge is -2.35. The lowest BCUT2D eigenvalue weighted by Crippen LogP contribution is -2.48. The summed E-state index contributed by atoms with van der Waals surface area (Å²) in [5.74, 6) is 0.0639. The highest BCUT2D eigenvalue weighted by atomic mass is 35.5. The summed E-state index contributed by atoms with van der Waals surface area (Å²) in [4.78, 5) is 16.5. The van der Waals surface area contributed by atoms with Gasteiger partial charge >= 0.3 is 0 Å². The van der Waals surface area contributed by atoms with Crippen LogP contribution >= 0.6 is 11.6 Å². The molecule has 8 heteroatoms. The normalized spacial score (nSPS) is 19.8. The van der Waals surface area contributed by atoms with Crippen LogP contribution in [0.3, 0.4) is 0 Å². The van der Waals surface area contributed by atoms with E-state index in [4.69, 9.17) is 11.6 Å². The number of nitrogens with zero attached hydrogens (tertiary/aromatic N) is 3. The number of fused-ring (bicyclic) bond motifs is 1. The summed E-state index contributed by atoms with van der Waals surface area (Å²) >= 11 is 6.08. The summed E-state index contributed by atoms with van der Waals surface area (Å²) in [6.45, 7) is 5.90. The zero-order valence-electron chi connectivity index (χ0n) is 17.2. The predicted octanol–water partition coefficient (Wildman–Crippen LogP) is 3.54. The van der Waals surface area contributed by atoms with Crippen molar-refractivity contribution in [2.45, 2.75) is 37.6 Å². The maximum atomic E-state index is 13.2. The van der Waals surface area contributed by atoms with Gasteiger partial charge in [-0.1, -0.05) is 24.6 Å². The van der Waals surface area contributed by atoms with E-state index in [9.17, 15) is 13.2 Å². The first-order valence-corrected chi connectivity index (χ1v) is 12.1. The molecule has 1 atom stereocenters. The largest absolute Gasteiger partial charge is 0.369 e. The van der Waals surface area contributed by atoms with Crippen LogP contribution < -0.4 is 9.80 Å². The van der Waals surface area contributed by atoms with Gasteiger partial charge in [0.25, 0.3) is 0 Å². The van der Waals surface area contributed by atoms with E-state index in [2.05, 4.69) is 4.90 Å². The molecule has 0 aliphatic carbocycles. The van der Waals surface area contributed by atoms with Crippen LogP contribution in [0.4, 0.5) is 11.4 Å². The minimum atomic E-state index is -3.58. The van der Waals surface area contributed by atoms with Crippen molar-refractivity contribution in [2.75, 3.05) is 36.0 Å². The minimum Gasteiger partial charge on any atom is -0.369 e. The van der Waals surface area contributed by atoms with E-state index in [0.29, 0.717) is 48.9 Å². The molecule has 160 valence electrons. The molecule has 2 heterocycles. The monoisotopic (exact) mass is 447 g/mol. The maximum Gasteiger partial charge on any atom is 0.243 e. The Kier molecular flexibility index (Phi) is 5.79. The van der Waals surface area contributed by atoms with Gasteiger partial charge in [-0.25, -0.2) is 8.42 Å². The van der Waals surface area contributed by atoms with Crippen molar-refractivity contribution in [3.05, 3.63) is 53.1 Å². The molecule has 4 rings (SSSR count). The summed E-state index contributed by atoms with van der Waals surface area (Å²) in [6, 6.07) is 12.8. The number of halogens is 1. The van der Waals surface area contributed by atoms with Crippen LogP contribution in [0.5, 0.6) is 0 Å². The van der Waals surface area contributed by atoms with Crippen LogP contribution in [0.25, 0.3) is 0 Å². The zero-order chi connectivity index (χ0) is 21.5. The fourth-order valence-corrected chi connectivity index (χ4v) is 5.98. The number of hydrogen-bond donors (Lipinski definition) is 0. The quantitative estimate of drug-likeness (QED) is 0.719. The molecule has 0 radical (unpaired) electrons. The summed E-state index contributed by atoms with van der Waals surface area (Å²) in [5.41, 5.74) is 2.76. The summed E-state index contributed by atoms with van der Waals surface area (Å²) < 4.78 is 28.0. The molecule has 6 nitrogen and oxygen atoms in total. The van der Waals surface area contributed by atoms with Crippen LogP contribution in [0, 0.1) is 0 Å². The van der Waals surface area contributed by atoms with Gasteiger partial charge in [0.15, 0.2) is 0 Å². The molecule has 2 aromatic carbocycles. The minimum absolute atomic E-state index is 0.0478. The molecule has 0 spiro atoms. The lowest BCUT2D eigenvalue weighted by atomic mass is 10.1. The molecule has 0 unspecified atom stereocenters. The third-order valence-corrected chi connectivity index (χ3v) is 8.02. The molecule has 2 aliphatic heterocycles. The molecule has 0 N–H and O–H groups in total. The fraction of sp³-hybridized carbons (Fsp3) is 0.409. The molecule has 2 aromatic rings.